The third kappa shape index (κ3) is 4.84. The van der Waals surface area contributed by atoms with E-state index in [9.17, 15) is 19.7 Å². The molecule has 0 saturated heterocycles. The lowest BCUT2D eigenvalue weighted by atomic mass is 10.3. The lowest BCUT2D eigenvalue weighted by Crippen LogP contribution is -2.31. The van der Waals surface area contributed by atoms with Gasteiger partial charge >= 0.3 is 11.7 Å². The maximum Gasteiger partial charge on any atom is 0.329 e. The number of carbonyl (C=O) groups excluding carboxylic acids is 1. The molecule has 1 aromatic rings. The second-order valence-corrected chi connectivity index (χ2v) is 4.23. The lowest BCUT2D eigenvalue weighted by Gasteiger charge is -2.06. The van der Waals surface area contributed by atoms with Crippen molar-refractivity contribution < 1.29 is 24.4 Å². The van der Waals surface area contributed by atoms with Crippen molar-refractivity contribution in [3.8, 4) is 0 Å². The highest BCUT2D eigenvalue weighted by atomic mass is 16.6. The summed E-state index contributed by atoms with van der Waals surface area (Å²) >= 11 is 0. The normalized spacial score (nSPS) is 10.4. The molecule has 0 atom stereocenters. The van der Waals surface area contributed by atoms with Crippen molar-refractivity contribution in [1.82, 2.24) is 15.1 Å². The fourth-order valence-electron chi connectivity index (χ4n) is 1.72. The molecule has 21 heavy (non-hydrogen) atoms. The Hall–Kier alpha value is -2.49. The van der Waals surface area contributed by atoms with Gasteiger partial charge < -0.3 is 15.2 Å². The van der Waals surface area contributed by atoms with Gasteiger partial charge in [0.1, 0.15) is 24.5 Å². The van der Waals surface area contributed by atoms with Gasteiger partial charge in [-0.3, -0.25) is 19.6 Å². The van der Waals surface area contributed by atoms with E-state index in [0.717, 1.165) is 0 Å². The molecule has 0 aliphatic carbocycles. The van der Waals surface area contributed by atoms with Crippen LogP contribution in [0, 0.1) is 24.0 Å². The molecule has 0 aliphatic rings. The first-order chi connectivity index (χ1) is 9.82. The Balaban J connectivity index is 2.47. The topological polar surface area (TPSA) is 137 Å². The number of ether oxygens (including phenoxy) is 1. The number of hydrogen-bond donors (Lipinski definition) is 2. The summed E-state index contributed by atoms with van der Waals surface area (Å²) in [5.74, 6) is -1.48. The minimum absolute atomic E-state index is 0.0648. The van der Waals surface area contributed by atoms with E-state index in [-0.39, 0.29) is 31.1 Å². The van der Waals surface area contributed by atoms with E-state index in [2.05, 4.69) is 10.4 Å². The minimum Gasteiger partial charge on any atom is -0.480 e. The zero-order valence-electron chi connectivity index (χ0n) is 11.7. The van der Waals surface area contributed by atoms with Gasteiger partial charge in [-0.15, -0.1) is 0 Å². The quantitative estimate of drug-likeness (QED) is 0.379. The van der Waals surface area contributed by atoms with Crippen LogP contribution in [0.1, 0.15) is 11.4 Å². The number of nitro groups is 1. The molecule has 1 amide bonds. The minimum atomic E-state index is -1.09. The van der Waals surface area contributed by atoms with Crippen molar-refractivity contribution in [3.63, 3.8) is 0 Å². The largest absolute Gasteiger partial charge is 0.480 e. The van der Waals surface area contributed by atoms with Crippen molar-refractivity contribution in [1.29, 1.82) is 0 Å². The van der Waals surface area contributed by atoms with E-state index in [4.69, 9.17) is 9.84 Å². The van der Waals surface area contributed by atoms with E-state index >= 15 is 0 Å². The lowest BCUT2D eigenvalue weighted by molar-refractivity contribution is -0.386. The summed E-state index contributed by atoms with van der Waals surface area (Å²) in [4.78, 5) is 32.1. The third-order valence-corrected chi connectivity index (χ3v) is 2.61. The third-order valence-electron chi connectivity index (χ3n) is 2.61. The van der Waals surface area contributed by atoms with E-state index in [0.29, 0.717) is 5.69 Å². The number of aliphatic carboxylic acids is 1. The Morgan fingerprint density at radius 2 is 2.14 bits per heavy atom. The molecule has 0 spiro atoms. The van der Waals surface area contributed by atoms with Gasteiger partial charge in [0.25, 0.3) is 0 Å². The van der Waals surface area contributed by atoms with Crippen molar-refractivity contribution in [2.45, 2.75) is 20.4 Å². The SMILES string of the molecule is Cc1nn(CC(=O)NCCOCC(=O)O)c(C)c1[N+](=O)[O-]. The van der Waals surface area contributed by atoms with Crippen molar-refractivity contribution in [2.75, 3.05) is 19.8 Å². The molecule has 1 aromatic heterocycles. The summed E-state index contributed by atoms with van der Waals surface area (Å²) < 4.78 is 6.00. The van der Waals surface area contributed by atoms with E-state index in [1.54, 1.807) is 0 Å². The highest BCUT2D eigenvalue weighted by molar-refractivity contribution is 5.75. The van der Waals surface area contributed by atoms with Crippen LogP contribution in [0.5, 0.6) is 0 Å². The number of aromatic nitrogens is 2. The molecule has 116 valence electrons. The molecular formula is C11H16N4O6. The molecule has 0 fully saturated rings. The number of aryl methyl sites for hydroxylation is 1. The zero-order valence-corrected chi connectivity index (χ0v) is 11.7. The maximum absolute atomic E-state index is 11.6. The van der Waals surface area contributed by atoms with Crippen LogP contribution in [0.25, 0.3) is 0 Å². The smallest absolute Gasteiger partial charge is 0.329 e. The highest BCUT2D eigenvalue weighted by Crippen LogP contribution is 2.21. The van der Waals surface area contributed by atoms with Gasteiger partial charge in [-0.2, -0.15) is 5.10 Å². The van der Waals surface area contributed by atoms with Gasteiger partial charge in [-0.25, -0.2) is 4.79 Å². The number of carboxylic acid groups (broad SMARTS) is 1. The second kappa shape index (κ2) is 7.33. The number of rotatable bonds is 8. The van der Waals surface area contributed by atoms with Crippen LogP contribution >= 0.6 is 0 Å². The van der Waals surface area contributed by atoms with Crippen LogP contribution in [0.3, 0.4) is 0 Å². The standard InChI is InChI=1S/C11H16N4O6/c1-7-11(15(19)20)8(2)14(13-7)5-9(16)12-3-4-21-6-10(17)18/h3-6H2,1-2H3,(H,12,16)(H,17,18). The van der Waals surface area contributed by atoms with Crippen molar-refractivity contribution >= 4 is 17.6 Å². The molecule has 0 bridgehead atoms. The predicted octanol–water partition coefficient (Wildman–Crippen LogP) is -0.374. The Kier molecular flexibility index (Phi) is 5.79. The molecular weight excluding hydrogens is 284 g/mol. The van der Waals surface area contributed by atoms with E-state index in [1.807, 2.05) is 0 Å². The van der Waals surface area contributed by atoms with Crippen LogP contribution in [-0.4, -0.2) is 51.4 Å². The molecule has 0 aliphatic heterocycles. The van der Waals surface area contributed by atoms with Gasteiger partial charge in [0.05, 0.1) is 11.5 Å². The fraction of sp³-hybridized carbons (Fsp3) is 0.545. The van der Waals surface area contributed by atoms with Gasteiger partial charge in [0.15, 0.2) is 0 Å². The Morgan fingerprint density at radius 3 is 2.67 bits per heavy atom. The van der Waals surface area contributed by atoms with Gasteiger partial charge in [0.2, 0.25) is 5.91 Å². The first kappa shape index (κ1) is 16.6. The van der Waals surface area contributed by atoms with Crippen molar-refractivity contribution in [3.05, 3.63) is 21.5 Å². The van der Waals surface area contributed by atoms with Crippen LogP contribution in [0.15, 0.2) is 0 Å². The number of nitrogens with zero attached hydrogens (tertiary/aromatic N) is 3. The summed E-state index contributed by atoms with van der Waals surface area (Å²) in [6.07, 6.45) is 0. The number of carboxylic acids is 1. The molecule has 1 rings (SSSR count). The van der Waals surface area contributed by atoms with E-state index < -0.39 is 23.4 Å². The van der Waals surface area contributed by atoms with Crippen LogP contribution in [0.4, 0.5) is 5.69 Å². The highest BCUT2D eigenvalue weighted by Gasteiger charge is 2.22. The summed E-state index contributed by atoms with van der Waals surface area (Å²) in [5, 5.41) is 25.6. The van der Waals surface area contributed by atoms with E-state index in [1.165, 1.54) is 18.5 Å². The molecule has 0 unspecified atom stereocenters. The average molecular weight is 300 g/mol. The second-order valence-electron chi connectivity index (χ2n) is 4.23. The summed E-state index contributed by atoms with van der Waals surface area (Å²) in [6, 6.07) is 0. The van der Waals surface area contributed by atoms with Crippen LogP contribution in [0.2, 0.25) is 0 Å². The monoisotopic (exact) mass is 300 g/mol. The molecule has 0 saturated carbocycles. The summed E-state index contributed by atoms with van der Waals surface area (Å²) in [6.45, 7) is 2.64. The predicted molar refractivity (Wildman–Crippen MR) is 69.8 cm³/mol. The van der Waals surface area contributed by atoms with Crippen LogP contribution < -0.4 is 5.32 Å². The number of hydrogen-bond acceptors (Lipinski definition) is 6. The van der Waals surface area contributed by atoms with Gasteiger partial charge in [-0.05, 0) is 13.8 Å². The maximum atomic E-state index is 11.6. The van der Waals surface area contributed by atoms with Crippen LogP contribution in [-0.2, 0) is 20.9 Å². The zero-order chi connectivity index (χ0) is 16.0. The Labute approximate surface area is 119 Å². The fourth-order valence-corrected chi connectivity index (χ4v) is 1.72. The first-order valence-electron chi connectivity index (χ1n) is 6.07. The first-order valence-corrected chi connectivity index (χ1v) is 6.07. The summed E-state index contributed by atoms with van der Waals surface area (Å²) in [7, 11) is 0. The van der Waals surface area contributed by atoms with Gasteiger partial charge in [0, 0.05) is 6.54 Å². The molecule has 10 heteroatoms. The molecule has 2 N–H and O–H groups in total. The number of carbonyl (C=O) groups is 2. The Bertz CT molecular complexity index is 553. The number of nitrogens with one attached hydrogen (secondary N) is 1. The van der Waals surface area contributed by atoms with Gasteiger partial charge in [-0.1, -0.05) is 0 Å². The molecule has 1 heterocycles. The Morgan fingerprint density at radius 1 is 1.48 bits per heavy atom. The average Bonchev–Trinajstić information content (AvgIpc) is 2.63. The summed E-state index contributed by atoms with van der Waals surface area (Å²) in [5.41, 5.74) is 0.442. The van der Waals surface area contributed by atoms with Crippen molar-refractivity contribution in [2.24, 2.45) is 0 Å². The molecule has 0 aromatic carbocycles. The molecule has 10 nitrogen and oxygen atoms in total. The number of amides is 1. The molecule has 0 radical (unpaired) electrons.